The maximum absolute atomic E-state index is 12.2. The summed E-state index contributed by atoms with van der Waals surface area (Å²) in [6.45, 7) is 0.146. The van der Waals surface area contributed by atoms with Crippen molar-refractivity contribution >= 4 is 34.8 Å². The molecule has 28 heavy (non-hydrogen) atoms. The van der Waals surface area contributed by atoms with Gasteiger partial charge in [-0.1, -0.05) is 23.4 Å². The molecule has 0 bridgehead atoms. The van der Waals surface area contributed by atoms with Gasteiger partial charge in [0.15, 0.2) is 16.8 Å². The lowest BCUT2D eigenvalue weighted by Gasteiger charge is -2.06. The molecule has 0 fully saturated rings. The molecule has 3 aromatic rings. The molecule has 10 heteroatoms. The topological polar surface area (TPSA) is 100 Å². The fraction of sp³-hybridized carbons (Fsp3) is 0.167. The highest BCUT2D eigenvalue weighted by Gasteiger charge is 2.13. The number of nitrogens with zero attached hydrogens (tertiary/aromatic N) is 4. The van der Waals surface area contributed by atoms with Crippen molar-refractivity contribution in [3.05, 3.63) is 75.1 Å². The molecule has 0 spiro atoms. The van der Waals surface area contributed by atoms with Crippen LogP contribution in [0.3, 0.4) is 0 Å². The molecule has 2 aromatic carbocycles. The number of benzene rings is 2. The molecule has 144 valence electrons. The number of aromatic nitrogens is 3. The Bertz CT molecular complexity index is 990. The van der Waals surface area contributed by atoms with Gasteiger partial charge < -0.3 is 9.30 Å². The van der Waals surface area contributed by atoms with E-state index in [1.54, 1.807) is 35.9 Å². The van der Waals surface area contributed by atoms with E-state index in [4.69, 9.17) is 16.3 Å². The molecule has 3 rings (SSSR count). The van der Waals surface area contributed by atoms with Crippen molar-refractivity contribution in [2.24, 2.45) is 7.05 Å². The lowest BCUT2D eigenvalue weighted by atomic mass is 10.1. The van der Waals surface area contributed by atoms with E-state index in [1.165, 1.54) is 36.0 Å². The molecule has 0 N–H and O–H groups in total. The van der Waals surface area contributed by atoms with Crippen LogP contribution in [0.15, 0.2) is 53.7 Å². The number of hydrogen-bond acceptors (Lipinski definition) is 7. The van der Waals surface area contributed by atoms with Crippen LogP contribution in [-0.2, 0) is 13.7 Å². The van der Waals surface area contributed by atoms with Gasteiger partial charge in [-0.25, -0.2) is 0 Å². The fourth-order valence-electron chi connectivity index (χ4n) is 2.26. The second-order valence-electron chi connectivity index (χ2n) is 5.72. The van der Waals surface area contributed by atoms with Gasteiger partial charge in [0, 0.05) is 29.8 Å². The summed E-state index contributed by atoms with van der Waals surface area (Å²) in [6.07, 6.45) is 0. The number of rotatable bonds is 8. The second-order valence-corrected chi connectivity index (χ2v) is 7.10. The molecular weight excluding hydrogens is 404 g/mol. The van der Waals surface area contributed by atoms with Crippen LogP contribution in [0.2, 0.25) is 5.02 Å². The number of ether oxygens (including phenoxy) is 1. The predicted octanol–water partition coefficient (Wildman–Crippen LogP) is 3.93. The molecule has 0 unspecified atom stereocenters. The van der Waals surface area contributed by atoms with E-state index in [9.17, 15) is 14.9 Å². The third-order valence-electron chi connectivity index (χ3n) is 3.84. The number of Topliss-reactive ketones (excluding diaryl/α,β-unsaturated/α-hetero) is 1. The summed E-state index contributed by atoms with van der Waals surface area (Å²) < 4.78 is 7.33. The summed E-state index contributed by atoms with van der Waals surface area (Å²) in [5.74, 6) is 1.24. The minimum Gasteiger partial charge on any atom is -0.486 e. The third-order valence-corrected chi connectivity index (χ3v) is 5.11. The number of ketones is 1. The first-order chi connectivity index (χ1) is 13.4. The van der Waals surface area contributed by atoms with Gasteiger partial charge >= 0.3 is 0 Å². The zero-order valence-electron chi connectivity index (χ0n) is 14.7. The van der Waals surface area contributed by atoms with E-state index in [1.807, 2.05) is 0 Å². The first kappa shape index (κ1) is 19.8. The minimum atomic E-state index is -0.471. The van der Waals surface area contributed by atoms with Crippen molar-refractivity contribution in [1.82, 2.24) is 14.8 Å². The lowest BCUT2D eigenvalue weighted by Crippen LogP contribution is -2.06. The highest BCUT2D eigenvalue weighted by Crippen LogP contribution is 2.21. The molecule has 0 radical (unpaired) electrons. The van der Waals surface area contributed by atoms with Gasteiger partial charge in [0.05, 0.1) is 10.7 Å². The van der Waals surface area contributed by atoms with E-state index in [-0.39, 0.29) is 23.8 Å². The number of thioether (sulfide) groups is 1. The molecule has 1 aromatic heterocycles. The fourth-order valence-corrected chi connectivity index (χ4v) is 3.21. The first-order valence-electron chi connectivity index (χ1n) is 8.11. The first-order valence-corrected chi connectivity index (χ1v) is 9.47. The Labute approximate surface area is 169 Å². The van der Waals surface area contributed by atoms with Crippen LogP contribution in [0.1, 0.15) is 16.2 Å². The van der Waals surface area contributed by atoms with Crippen molar-refractivity contribution in [2.75, 3.05) is 5.75 Å². The maximum atomic E-state index is 12.2. The Balaban J connectivity index is 1.56. The third kappa shape index (κ3) is 4.87. The van der Waals surface area contributed by atoms with Gasteiger partial charge in [0.25, 0.3) is 5.69 Å². The van der Waals surface area contributed by atoms with E-state index in [0.717, 1.165) is 0 Å². The van der Waals surface area contributed by atoms with E-state index >= 15 is 0 Å². The van der Waals surface area contributed by atoms with E-state index in [2.05, 4.69) is 10.2 Å². The summed E-state index contributed by atoms with van der Waals surface area (Å²) in [5.41, 5.74) is 0.579. The standard InChI is InChI=1S/C18H15ClN4O4S/c1-22-17(10-27-15-8-6-14(7-9-15)23(25)26)20-21-18(22)28-11-16(24)12-2-4-13(19)5-3-12/h2-9H,10-11H2,1H3. The van der Waals surface area contributed by atoms with Crippen LogP contribution in [0.25, 0.3) is 0 Å². The van der Waals surface area contributed by atoms with Gasteiger partial charge in [-0.3, -0.25) is 14.9 Å². The van der Waals surface area contributed by atoms with E-state index in [0.29, 0.717) is 27.3 Å². The summed E-state index contributed by atoms with van der Waals surface area (Å²) >= 11 is 7.11. The Morgan fingerprint density at radius 1 is 1.18 bits per heavy atom. The molecule has 0 saturated heterocycles. The Kier molecular flexibility index (Phi) is 6.27. The molecule has 0 saturated carbocycles. The van der Waals surface area contributed by atoms with Gasteiger partial charge in [-0.05, 0) is 36.4 Å². The Morgan fingerprint density at radius 2 is 1.86 bits per heavy atom. The molecule has 0 aliphatic carbocycles. The predicted molar refractivity (Wildman–Crippen MR) is 105 cm³/mol. The summed E-state index contributed by atoms with van der Waals surface area (Å²) in [5, 5.41) is 20.0. The average Bonchev–Trinajstić information content (AvgIpc) is 3.05. The molecule has 0 amide bonds. The van der Waals surface area contributed by atoms with Crippen molar-refractivity contribution in [1.29, 1.82) is 0 Å². The lowest BCUT2D eigenvalue weighted by molar-refractivity contribution is -0.384. The van der Waals surface area contributed by atoms with Crippen LogP contribution >= 0.6 is 23.4 Å². The minimum absolute atomic E-state index is 0.00458. The maximum Gasteiger partial charge on any atom is 0.269 e. The monoisotopic (exact) mass is 418 g/mol. The van der Waals surface area contributed by atoms with Crippen molar-refractivity contribution < 1.29 is 14.5 Å². The number of hydrogen-bond donors (Lipinski definition) is 0. The summed E-state index contributed by atoms with van der Waals surface area (Å²) in [4.78, 5) is 22.4. The Morgan fingerprint density at radius 3 is 2.50 bits per heavy atom. The zero-order chi connectivity index (χ0) is 20.1. The van der Waals surface area contributed by atoms with Crippen molar-refractivity contribution in [2.45, 2.75) is 11.8 Å². The molecule has 0 atom stereocenters. The number of nitro groups is 1. The van der Waals surface area contributed by atoms with E-state index < -0.39 is 4.92 Å². The van der Waals surface area contributed by atoms with Crippen molar-refractivity contribution in [3.8, 4) is 5.75 Å². The van der Waals surface area contributed by atoms with Crippen LogP contribution in [0, 0.1) is 10.1 Å². The largest absolute Gasteiger partial charge is 0.486 e. The number of non-ortho nitro benzene ring substituents is 1. The Hall–Kier alpha value is -2.91. The quantitative estimate of drug-likeness (QED) is 0.236. The molecule has 0 aliphatic heterocycles. The highest BCUT2D eigenvalue weighted by molar-refractivity contribution is 7.99. The molecular formula is C18H15ClN4O4S. The molecule has 0 aliphatic rings. The van der Waals surface area contributed by atoms with Gasteiger partial charge in [0.1, 0.15) is 12.4 Å². The van der Waals surface area contributed by atoms with Crippen molar-refractivity contribution in [3.63, 3.8) is 0 Å². The van der Waals surface area contributed by atoms with Crippen LogP contribution in [-0.4, -0.2) is 31.2 Å². The van der Waals surface area contributed by atoms with Crippen LogP contribution in [0.5, 0.6) is 5.75 Å². The van der Waals surface area contributed by atoms with Gasteiger partial charge in [0.2, 0.25) is 0 Å². The summed E-state index contributed by atoms with van der Waals surface area (Å²) in [7, 11) is 1.78. The summed E-state index contributed by atoms with van der Waals surface area (Å²) in [6, 6.07) is 12.5. The van der Waals surface area contributed by atoms with Crippen LogP contribution < -0.4 is 4.74 Å². The number of carbonyl (C=O) groups excluding carboxylic acids is 1. The smallest absolute Gasteiger partial charge is 0.269 e. The normalized spacial score (nSPS) is 10.6. The molecule has 8 nitrogen and oxygen atoms in total. The number of nitro benzene ring substituents is 1. The second kappa shape index (κ2) is 8.85. The van der Waals surface area contributed by atoms with Gasteiger partial charge in [-0.2, -0.15) is 0 Å². The number of carbonyl (C=O) groups is 1. The molecule has 1 heterocycles. The van der Waals surface area contributed by atoms with Crippen LogP contribution in [0.4, 0.5) is 5.69 Å². The SMILES string of the molecule is Cn1c(COc2ccc([N+](=O)[O-])cc2)nnc1SCC(=O)c1ccc(Cl)cc1. The average molecular weight is 419 g/mol. The zero-order valence-corrected chi connectivity index (χ0v) is 16.3. The highest BCUT2D eigenvalue weighted by atomic mass is 35.5. The number of halogens is 1. The van der Waals surface area contributed by atoms with Gasteiger partial charge in [-0.15, -0.1) is 10.2 Å².